The summed E-state index contributed by atoms with van der Waals surface area (Å²) in [5.41, 5.74) is 9.40. The number of likely N-dealkylation sites (N-methyl/N-ethyl adjacent to an activating group) is 1. The molecule has 5 N–H and O–H groups in total. The Balaban J connectivity index is 1.27. The zero-order chi connectivity index (χ0) is 25.3. The number of halogens is 1. The standard InChI is InChI=1S/C28H37ClN4O3/c1-25-8-10-27(29)13-17-22(34)23(35)20(33(2)3)14-26(17)9-11-28(27,36-26)21(25)7-5-16(25)15-4-6-18-19(12-15)32-24(30)31-18/h4-6,12,17,20-23,34-35H,7-11,13-14H2,1-3H3,(H3,30,31,32). The Bertz CT molecular complexity index is 1280. The maximum absolute atomic E-state index is 11.3. The van der Waals surface area contributed by atoms with Crippen molar-refractivity contribution in [2.45, 2.75) is 86.2 Å². The summed E-state index contributed by atoms with van der Waals surface area (Å²) in [6, 6.07) is 6.25. The molecule has 7 nitrogen and oxygen atoms in total. The van der Waals surface area contributed by atoms with Crippen molar-refractivity contribution >= 4 is 34.2 Å². The van der Waals surface area contributed by atoms with Crippen LogP contribution in [0, 0.1) is 17.3 Å². The van der Waals surface area contributed by atoms with Gasteiger partial charge in [0.25, 0.3) is 0 Å². The summed E-state index contributed by atoms with van der Waals surface area (Å²) >= 11 is 7.61. The third-order valence-electron chi connectivity index (χ3n) is 11.0. The lowest BCUT2D eigenvalue weighted by molar-refractivity contribution is -0.276. The van der Waals surface area contributed by atoms with Gasteiger partial charge in [-0.05, 0) is 87.7 Å². The summed E-state index contributed by atoms with van der Waals surface area (Å²) in [4.78, 5) is 9.05. The molecule has 8 heteroatoms. The molecule has 2 saturated heterocycles. The van der Waals surface area contributed by atoms with Crippen LogP contribution in [-0.2, 0) is 4.74 Å². The van der Waals surface area contributed by atoms with Crippen LogP contribution < -0.4 is 5.73 Å². The predicted octanol–water partition coefficient (Wildman–Crippen LogP) is 3.69. The first-order valence-corrected chi connectivity index (χ1v) is 13.8. The number of anilines is 1. The second kappa shape index (κ2) is 7.26. The van der Waals surface area contributed by atoms with Gasteiger partial charge in [0.05, 0.1) is 39.3 Å². The van der Waals surface area contributed by atoms with Gasteiger partial charge in [0, 0.05) is 17.9 Å². The minimum atomic E-state index is -0.822. The normalized spacial score (nSPS) is 47.5. The molecule has 1 aromatic heterocycles. The number of nitrogen functional groups attached to an aromatic ring is 1. The van der Waals surface area contributed by atoms with Gasteiger partial charge in [-0.1, -0.05) is 19.1 Å². The summed E-state index contributed by atoms with van der Waals surface area (Å²) in [6.07, 6.45) is 6.79. The Hall–Kier alpha value is -1.64. The molecule has 0 radical (unpaired) electrons. The molecule has 2 bridgehead atoms. The second-order valence-corrected chi connectivity index (χ2v) is 13.4. The van der Waals surface area contributed by atoms with Crippen LogP contribution in [0.15, 0.2) is 24.3 Å². The predicted molar refractivity (Wildman–Crippen MR) is 141 cm³/mol. The van der Waals surface area contributed by atoms with E-state index in [9.17, 15) is 10.2 Å². The van der Waals surface area contributed by atoms with E-state index < -0.39 is 28.3 Å². The van der Waals surface area contributed by atoms with E-state index in [4.69, 9.17) is 22.1 Å². The number of nitrogens with one attached hydrogen (secondary N) is 1. The maximum Gasteiger partial charge on any atom is 0.198 e. The molecule has 1 aromatic carbocycles. The lowest BCUT2D eigenvalue weighted by Crippen LogP contribution is -2.72. The number of aromatic nitrogens is 2. The number of aromatic amines is 1. The minimum Gasteiger partial charge on any atom is -0.390 e. The Morgan fingerprint density at radius 3 is 2.72 bits per heavy atom. The lowest BCUT2D eigenvalue weighted by Gasteiger charge is -2.65. The number of alkyl halides is 1. The van der Waals surface area contributed by atoms with Crippen molar-refractivity contribution in [1.82, 2.24) is 14.9 Å². The van der Waals surface area contributed by atoms with Crippen LogP contribution in [0.4, 0.5) is 5.95 Å². The first-order valence-electron chi connectivity index (χ1n) is 13.4. The minimum absolute atomic E-state index is 0.0518. The average Bonchev–Trinajstić information content (AvgIpc) is 3.49. The molecule has 2 spiro atoms. The van der Waals surface area contributed by atoms with Crippen LogP contribution in [0.1, 0.15) is 57.4 Å². The number of ether oxygens (including phenoxy) is 1. The molecule has 7 rings (SSSR count). The van der Waals surface area contributed by atoms with Gasteiger partial charge in [-0.2, -0.15) is 0 Å². The largest absolute Gasteiger partial charge is 0.390 e. The average molecular weight is 513 g/mol. The highest BCUT2D eigenvalue weighted by Crippen LogP contribution is 2.73. The fourth-order valence-corrected chi connectivity index (χ4v) is 9.73. The molecule has 3 heterocycles. The van der Waals surface area contributed by atoms with Gasteiger partial charge in [-0.25, -0.2) is 4.98 Å². The van der Waals surface area contributed by atoms with Crippen molar-refractivity contribution in [3.8, 4) is 0 Å². The number of hydrogen-bond donors (Lipinski definition) is 4. The van der Waals surface area contributed by atoms with E-state index in [2.05, 4.69) is 35.1 Å². The number of aliphatic hydroxyl groups excluding tert-OH is 2. The molecule has 2 aliphatic heterocycles. The topological polar surface area (TPSA) is 108 Å². The number of H-pyrrole nitrogens is 1. The number of nitrogens with zero attached hydrogens (tertiary/aromatic N) is 2. The third kappa shape index (κ3) is 2.76. The molecular weight excluding hydrogens is 476 g/mol. The van der Waals surface area contributed by atoms with Gasteiger partial charge in [-0.3, -0.25) is 0 Å². The molecule has 2 saturated carbocycles. The summed E-state index contributed by atoms with van der Waals surface area (Å²) in [7, 11) is 3.96. The molecular formula is C28H37ClN4O3. The van der Waals surface area contributed by atoms with E-state index in [1.165, 1.54) is 11.1 Å². The van der Waals surface area contributed by atoms with E-state index in [0.717, 1.165) is 49.6 Å². The van der Waals surface area contributed by atoms with Crippen LogP contribution in [0.3, 0.4) is 0 Å². The number of nitrogens with two attached hydrogens (primary N) is 1. The molecule has 0 amide bonds. The van der Waals surface area contributed by atoms with E-state index in [-0.39, 0.29) is 23.3 Å². The smallest absolute Gasteiger partial charge is 0.198 e. The molecule has 9 atom stereocenters. The SMILES string of the molecule is CN(C)C1CC23CCC4(O2)C2CC=C(c5ccc6nc(N)[nH]c6c5)C2(C)CCC4(Cl)CC3C(O)C1O. The molecule has 194 valence electrons. The molecule has 3 aliphatic carbocycles. The van der Waals surface area contributed by atoms with Crippen molar-refractivity contribution in [1.29, 1.82) is 0 Å². The van der Waals surface area contributed by atoms with E-state index >= 15 is 0 Å². The Morgan fingerprint density at radius 1 is 1.14 bits per heavy atom. The number of fused-ring (bicyclic) bond motifs is 2. The van der Waals surface area contributed by atoms with Crippen LogP contribution in [0.5, 0.6) is 0 Å². The highest BCUT2D eigenvalue weighted by Gasteiger charge is 2.76. The molecule has 5 aliphatic rings. The third-order valence-corrected chi connectivity index (χ3v) is 11.7. The first-order chi connectivity index (χ1) is 17.0. The molecule has 4 fully saturated rings. The number of aliphatic hydroxyl groups is 2. The van der Waals surface area contributed by atoms with Crippen LogP contribution in [0.2, 0.25) is 0 Å². The molecule has 2 aromatic rings. The quantitative estimate of drug-likeness (QED) is 0.457. The van der Waals surface area contributed by atoms with Gasteiger partial charge in [-0.15, -0.1) is 11.6 Å². The monoisotopic (exact) mass is 512 g/mol. The van der Waals surface area contributed by atoms with E-state index in [1.54, 1.807) is 0 Å². The van der Waals surface area contributed by atoms with Crippen LogP contribution in [-0.4, -0.2) is 73.5 Å². The summed E-state index contributed by atoms with van der Waals surface area (Å²) < 4.78 is 7.32. The van der Waals surface area contributed by atoms with Crippen molar-refractivity contribution in [3.05, 3.63) is 29.8 Å². The van der Waals surface area contributed by atoms with E-state index in [0.29, 0.717) is 12.4 Å². The van der Waals surface area contributed by atoms with Crippen LogP contribution >= 0.6 is 11.6 Å². The Morgan fingerprint density at radius 2 is 1.94 bits per heavy atom. The lowest BCUT2D eigenvalue weighted by atomic mass is 9.52. The highest BCUT2D eigenvalue weighted by molar-refractivity contribution is 6.25. The van der Waals surface area contributed by atoms with Gasteiger partial charge < -0.3 is 30.6 Å². The van der Waals surface area contributed by atoms with Crippen molar-refractivity contribution < 1.29 is 14.9 Å². The van der Waals surface area contributed by atoms with Gasteiger partial charge in [0.2, 0.25) is 0 Å². The summed E-state index contributed by atoms with van der Waals surface area (Å²) in [5.74, 6) is 0.575. The van der Waals surface area contributed by atoms with Gasteiger partial charge in [0.15, 0.2) is 5.95 Å². The number of hydrogen-bond acceptors (Lipinski definition) is 6. The van der Waals surface area contributed by atoms with Crippen LogP contribution in [0.25, 0.3) is 16.6 Å². The fourth-order valence-electron chi connectivity index (χ4n) is 9.21. The molecule has 36 heavy (non-hydrogen) atoms. The zero-order valence-corrected chi connectivity index (χ0v) is 22.1. The maximum atomic E-state index is 11.3. The fraction of sp³-hybridized carbons (Fsp3) is 0.679. The van der Waals surface area contributed by atoms with Gasteiger partial charge in [0.1, 0.15) is 0 Å². The first kappa shape index (κ1) is 23.5. The van der Waals surface area contributed by atoms with Gasteiger partial charge >= 0.3 is 0 Å². The number of allylic oxidation sites excluding steroid dienone is 2. The number of rotatable bonds is 2. The molecule has 9 unspecified atom stereocenters. The van der Waals surface area contributed by atoms with E-state index in [1.807, 2.05) is 25.1 Å². The summed E-state index contributed by atoms with van der Waals surface area (Å²) in [6.45, 7) is 2.40. The number of imidazole rings is 1. The summed E-state index contributed by atoms with van der Waals surface area (Å²) in [5, 5.41) is 22.2. The zero-order valence-electron chi connectivity index (χ0n) is 21.3. The van der Waals surface area contributed by atoms with Crippen molar-refractivity contribution in [2.75, 3.05) is 19.8 Å². The van der Waals surface area contributed by atoms with Crippen molar-refractivity contribution in [3.63, 3.8) is 0 Å². The second-order valence-electron chi connectivity index (χ2n) is 12.7. The Kier molecular flexibility index (Phi) is 4.74. The van der Waals surface area contributed by atoms with Crippen molar-refractivity contribution in [2.24, 2.45) is 17.3 Å². The Labute approximate surface area is 217 Å². The number of benzene rings is 1. The highest BCUT2D eigenvalue weighted by atomic mass is 35.5.